The van der Waals surface area contributed by atoms with Gasteiger partial charge in [-0.3, -0.25) is 4.79 Å². The van der Waals surface area contributed by atoms with E-state index in [4.69, 9.17) is 10.5 Å². The first-order valence-corrected chi connectivity index (χ1v) is 6.65. The molecular weight excluding hydrogens is 258 g/mol. The van der Waals surface area contributed by atoms with Crippen LogP contribution in [0.1, 0.15) is 12.8 Å². The molecule has 20 heavy (non-hydrogen) atoms. The van der Waals surface area contributed by atoms with E-state index in [1.807, 2.05) is 19.0 Å². The molecule has 7 nitrogen and oxygen atoms in total. The Balaban J connectivity index is 2.11. The second-order valence-electron chi connectivity index (χ2n) is 5.11. The number of aromatic nitrogens is 2. The number of hydrogen-bond donors (Lipinski definition) is 1. The third-order valence-electron chi connectivity index (χ3n) is 3.59. The highest BCUT2D eigenvalue weighted by molar-refractivity contribution is 5.76. The first-order chi connectivity index (χ1) is 9.54. The van der Waals surface area contributed by atoms with Crippen LogP contribution in [0.3, 0.4) is 0 Å². The number of nitrogens with two attached hydrogens (primary N) is 1. The standard InChI is InChI=1S/C13H21N5O2/c1-17(2)11-10(14)12(16-8-15-11)18-6-4-9(5-7-18)13(19)20-3/h8-9H,4-7,14H2,1-3H3. The van der Waals surface area contributed by atoms with Crippen LogP contribution in [0.25, 0.3) is 0 Å². The van der Waals surface area contributed by atoms with Crippen LogP contribution in [0.5, 0.6) is 0 Å². The number of carbonyl (C=O) groups is 1. The summed E-state index contributed by atoms with van der Waals surface area (Å²) in [6.45, 7) is 1.49. The smallest absolute Gasteiger partial charge is 0.308 e. The lowest BCUT2D eigenvalue weighted by molar-refractivity contribution is -0.146. The maximum absolute atomic E-state index is 11.5. The molecule has 1 aromatic heterocycles. The van der Waals surface area contributed by atoms with Crippen molar-refractivity contribution in [1.82, 2.24) is 9.97 Å². The van der Waals surface area contributed by atoms with Gasteiger partial charge in [0, 0.05) is 27.2 Å². The maximum atomic E-state index is 11.5. The van der Waals surface area contributed by atoms with E-state index in [0.29, 0.717) is 11.5 Å². The molecule has 1 fully saturated rings. The Kier molecular flexibility index (Phi) is 4.26. The number of esters is 1. The fraction of sp³-hybridized carbons (Fsp3) is 0.615. The van der Waals surface area contributed by atoms with Crippen molar-refractivity contribution < 1.29 is 9.53 Å². The van der Waals surface area contributed by atoms with Gasteiger partial charge in [-0.05, 0) is 12.8 Å². The van der Waals surface area contributed by atoms with Gasteiger partial charge >= 0.3 is 5.97 Å². The molecule has 0 amide bonds. The van der Waals surface area contributed by atoms with Crippen molar-refractivity contribution in [3.8, 4) is 0 Å². The fourth-order valence-electron chi connectivity index (χ4n) is 2.48. The van der Waals surface area contributed by atoms with E-state index in [9.17, 15) is 4.79 Å². The Hall–Kier alpha value is -2.05. The summed E-state index contributed by atoms with van der Waals surface area (Å²) in [7, 11) is 5.22. The van der Waals surface area contributed by atoms with Crippen LogP contribution in [0.4, 0.5) is 17.3 Å². The first-order valence-electron chi connectivity index (χ1n) is 6.65. The van der Waals surface area contributed by atoms with Gasteiger partial charge in [0.2, 0.25) is 0 Å². The Morgan fingerprint density at radius 1 is 1.40 bits per heavy atom. The Labute approximate surface area is 118 Å². The molecule has 110 valence electrons. The SMILES string of the molecule is COC(=O)C1CCN(c2ncnc(N(C)C)c2N)CC1. The van der Waals surface area contributed by atoms with Gasteiger partial charge in [-0.15, -0.1) is 0 Å². The summed E-state index contributed by atoms with van der Waals surface area (Å²) in [5.74, 6) is 1.30. The third kappa shape index (κ3) is 2.76. The number of hydrogen-bond acceptors (Lipinski definition) is 7. The maximum Gasteiger partial charge on any atom is 0.308 e. The van der Waals surface area contributed by atoms with E-state index >= 15 is 0 Å². The van der Waals surface area contributed by atoms with Gasteiger partial charge in [0.1, 0.15) is 12.0 Å². The van der Waals surface area contributed by atoms with Crippen LogP contribution in [-0.2, 0) is 9.53 Å². The van der Waals surface area contributed by atoms with E-state index in [1.54, 1.807) is 0 Å². The van der Waals surface area contributed by atoms with E-state index in [1.165, 1.54) is 13.4 Å². The number of anilines is 3. The van der Waals surface area contributed by atoms with Crippen LogP contribution in [-0.4, -0.2) is 50.2 Å². The lowest BCUT2D eigenvalue weighted by atomic mass is 9.97. The minimum Gasteiger partial charge on any atom is -0.469 e. The monoisotopic (exact) mass is 279 g/mol. The van der Waals surface area contributed by atoms with Gasteiger partial charge in [-0.1, -0.05) is 0 Å². The second kappa shape index (κ2) is 5.94. The van der Waals surface area contributed by atoms with Crippen LogP contribution in [0.2, 0.25) is 0 Å². The molecule has 1 saturated heterocycles. The predicted molar refractivity (Wildman–Crippen MR) is 77.7 cm³/mol. The molecule has 0 saturated carbocycles. The molecular formula is C13H21N5O2. The molecule has 0 atom stereocenters. The zero-order valence-corrected chi connectivity index (χ0v) is 12.2. The quantitative estimate of drug-likeness (QED) is 0.807. The summed E-state index contributed by atoms with van der Waals surface area (Å²) in [6.07, 6.45) is 3.04. The van der Waals surface area contributed by atoms with Crippen molar-refractivity contribution in [2.75, 3.05) is 49.8 Å². The zero-order chi connectivity index (χ0) is 14.7. The van der Waals surface area contributed by atoms with Gasteiger partial charge in [-0.25, -0.2) is 9.97 Å². The topological polar surface area (TPSA) is 84.6 Å². The molecule has 1 aliphatic heterocycles. The molecule has 1 aromatic rings. The third-order valence-corrected chi connectivity index (χ3v) is 3.59. The molecule has 1 aliphatic rings. The lowest BCUT2D eigenvalue weighted by Crippen LogP contribution is -2.37. The lowest BCUT2D eigenvalue weighted by Gasteiger charge is -2.32. The summed E-state index contributed by atoms with van der Waals surface area (Å²) in [4.78, 5) is 23.9. The summed E-state index contributed by atoms with van der Waals surface area (Å²) in [5.41, 5.74) is 6.71. The van der Waals surface area contributed by atoms with Crippen LogP contribution >= 0.6 is 0 Å². The van der Waals surface area contributed by atoms with Crippen molar-refractivity contribution in [1.29, 1.82) is 0 Å². The largest absolute Gasteiger partial charge is 0.469 e. The average molecular weight is 279 g/mol. The number of methoxy groups -OCH3 is 1. The van der Waals surface area contributed by atoms with Crippen molar-refractivity contribution in [3.63, 3.8) is 0 Å². The normalized spacial score (nSPS) is 16.1. The van der Waals surface area contributed by atoms with Gasteiger partial charge in [0.05, 0.1) is 13.0 Å². The summed E-state index contributed by atoms with van der Waals surface area (Å²) in [6, 6.07) is 0. The van der Waals surface area contributed by atoms with Crippen LogP contribution < -0.4 is 15.5 Å². The van der Waals surface area contributed by atoms with Crippen LogP contribution in [0.15, 0.2) is 6.33 Å². The first kappa shape index (κ1) is 14.4. The van der Waals surface area contributed by atoms with Gasteiger partial charge in [0.15, 0.2) is 11.6 Å². The highest BCUT2D eigenvalue weighted by atomic mass is 16.5. The number of carbonyl (C=O) groups excluding carboxylic acids is 1. The summed E-state index contributed by atoms with van der Waals surface area (Å²) in [5, 5.41) is 0. The second-order valence-corrected chi connectivity index (χ2v) is 5.11. The molecule has 0 unspecified atom stereocenters. The highest BCUT2D eigenvalue weighted by Gasteiger charge is 2.27. The minimum atomic E-state index is -0.130. The van der Waals surface area contributed by atoms with Crippen molar-refractivity contribution >= 4 is 23.3 Å². The van der Waals surface area contributed by atoms with Gasteiger partial charge in [-0.2, -0.15) is 0 Å². The molecule has 2 heterocycles. The van der Waals surface area contributed by atoms with Crippen molar-refractivity contribution in [2.24, 2.45) is 5.92 Å². The number of piperidine rings is 1. The van der Waals surface area contributed by atoms with E-state index in [0.717, 1.165) is 31.7 Å². The highest BCUT2D eigenvalue weighted by Crippen LogP contribution is 2.30. The Morgan fingerprint density at radius 2 is 2.05 bits per heavy atom. The van der Waals surface area contributed by atoms with E-state index in [-0.39, 0.29) is 11.9 Å². The molecule has 0 bridgehead atoms. The Bertz CT molecular complexity index is 484. The molecule has 2 N–H and O–H groups in total. The molecule has 2 rings (SSSR count). The molecule has 0 radical (unpaired) electrons. The van der Waals surface area contributed by atoms with Gasteiger partial charge in [0.25, 0.3) is 0 Å². The molecule has 0 spiro atoms. The van der Waals surface area contributed by atoms with E-state index < -0.39 is 0 Å². The van der Waals surface area contributed by atoms with E-state index in [2.05, 4.69) is 14.9 Å². The predicted octanol–water partition coefficient (Wildman–Crippen LogP) is 0.514. The molecule has 0 aromatic carbocycles. The minimum absolute atomic E-state index is 0.0207. The number of rotatable bonds is 3. The van der Waals surface area contributed by atoms with Gasteiger partial charge < -0.3 is 20.3 Å². The fourth-order valence-corrected chi connectivity index (χ4v) is 2.48. The molecule has 0 aliphatic carbocycles. The average Bonchev–Trinajstić information content (AvgIpc) is 2.46. The number of nitrogen functional groups attached to an aromatic ring is 1. The van der Waals surface area contributed by atoms with Crippen molar-refractivity contribution in [3.05, 3.63) is 6.33 Å². The molecule has 7 heteroatoms. The van der Waals surface area contributed by atoms with Crippen LogP contribution in [0, 0.1) is 5.92 Å². The zero-order valence-electron chi connectivity index (χ0n) is 12.2. The number of ether oxygens (including phenoxy) is 1. The summed E-state index contributed by atoms with van der Waals surface area (Å²) < 4.78 is 4.79. The summed E-state index contributed by atoms with van der Waals surface area (Å²) >= 11 is 0. The van der Waals surface area contributed by atoms with Crippen molar-refractivity contribution in [2.45, 2.75) is 12.8 Å². The Morgan fingerprint density at radius 3 is 2.60 bits per heavy atom. The number of nitrogens with zero attached hydrogens (tertiary/aromatic N) is 4.